The molecule has 0 saturated heterocycles. The molecule has 0 radical (unpaired) electrons. The van der Waals surface area contributed by atoms with E-state index in [4.69, 9.17) is 0 Å². The van der Waals surface area contributed by atoms with E-state index in [2.05, 4.69) is 25.6 Å². The summed E-state index contributed by atoms with van der Waals surface area (Å²) >= 11 is 3.36. The van der Waals surface area contributed by atoms with Crippen LogP contribution in [0.3, 0.4) is 0 Å². The largest absolute Gasteiger partial charge is 0.254 e. The summed E-state index contributed by atoms with van der Waals surface area (Å²) in [7, 11) is -2.05. The first-order chi connectivity index (χ1) is 7.54. The maximum absolute atomic E-state index is 11.6. The highest BCUT2D eigenvalue weighted by Crippen LogP contribution is 2.23. The Balaban J connectivity index is 2.71. The Morgan fingerprint density at radius 3 is 2.81 bits per heavy atom. The molecule has 0 aliphatic carbocycles. The van der Waals surface area contributed by atoms with Crippen LogP contribution < -0.4 is 4.72 Å². The zero-order valence-electron chi connectivity index (χ0n) is 8.44. The van der Waals surface area contributed by atoms with Gasteiger partial charge in [0.1, 0.15) is 4.90 Å². The van der Waals surface area contributed by atoms with Gasteiger partial charge in [-0.3, -0.25) is 4.98 Å². The lowest BCUT2D eigenvalue weighted by atomic mass is 10.2. The molecule has 1 aromatic carbocycles. The Hall–Kier alpha value is -0.980. The van der Waals surface area contributed by atoms with E-state index in [1.54, 1.807) is 6.07 Å². The summed E-state index contributed by atoms with van der Waals surface area (Å²) in [5.74, 6) is 0. The molecule has 2 aromatic rings. The molecule has 0 fully saturated rings. The Labute approximate surface area is 102 Å². The van der Waals surface area contributed by atoms with Crippen molar-refractivity contribution in [3.8, 4) is 0 Å². The molecule has 0 saturated carbocycles. The zero-order chi connectivity index (χ0) is 11.8. The second kappa shape index (κ2) is 4.12. The number of halogens is 1. The zero-order valence-corrected chi connectivity index (χ0v) is 10.8. The van der Waals surface area contributed by atoms with Gasteiger partial charge < -0.3 is 0 Å². The van der Waals surface area contributed by atoms with E-state index in [1.165, 1.54) is 13.2 Å². The van der Waals surface area contributed by atoms with Gasteiger partial charge in [0.25, 0.3) is 0 Å². The number of nitrogens with one attached hydrogen (secondary N) is 1. The number of hydrogen-bond acceptors (Lipinski definition) is 3. The average Bonchev–Trinajstić information content (AvgIpc) is 2.29. The fourth-order valence-electron chi connectivity index (χ4n) is 1.37. The number of pyridine rings is 1. The number of nitrogens with zero attached hydrogens (tertiary/aromatic N) is 1. The van der Waals surface area contributed by atoms with Gasteiger partial charge in [-0.05, 0) is 35.1 Å². The third kappa shape index (κ3) is 1.95. The van der Waals surface area contributed by atoms with Crippen LogP contribution in [0.1, 0.15) is 0 Å². The van der Waals surface area contributed by atoms with E-state index in [-0.39, 0.29) is 4.90 Å². The Morgan fingerprint density at radius 1 is 1.38 bits per heavy atom. The van der Waals surface area contributed by atoms with Crippen LogP contribution in [0.15, 0.2) is 39.8 Å². The summed E-state index contributed by atoms with van der Waals surface area (Å²) in [6, 6.07) is 7.12. The van der Waals surface area contributed by atoms with Crippen molar-refractivity contribution in [3.63, 3.8) is 0 Å². The third-order valence-corrected chi connectivity index (χ3v) is 4.24. The molecule has 0 spiro atoms. The first kappa shape index (κ1) is 11.5. The molecule has 0 aliphatic heterocycles. The molecule has 6 heteroatoms. The SMILES string of the molecule is CNS(=O)(=O)c1cnc2c(Br)cccc2c1. The number of rotatable bonds is 2. The lowest BCUT2D eigenvalue weighted by Gasteiger charge is -2.04. The van der Waals surface area contributed by atoms with Crippen molar-refractivity contribution in [1.29, 1.82) is 0 Å². The van der Waals surface area contributed by atoms with Crippen LogP contribution in [-0.2, 0) is 10.0 Å². The van der Waals surface area contributed by atoms with Crippen LogP contribution in [0.25, 0.3) is 10.9 Å². The standard InChI is InChI=1S/C10H9BrN2O2S/c1-12-16(14,15)8-5-7-3-2-4-9(11)10(7)13-6-8/h2-6,12H,1H3. The average molecular weight is 301 g/mol. The summed E-state index contributed by atoms with van der Waals surface area (Å²) in [6.07, 6.45) is 1.35. The molecule has 2 rings (SSSR count). The molecule has 0 bridgehead atoms. The summed E-state index contributed by atoms with van der Waals surface area (Å²) in [4.78, 5) is 4.30. The summed E-state index contributed by atoms with van der Waals surface area (Å²) in [5, 5.41) is 0.783. The summed E-state index contributed by atoms with van der Waals surface area (Å²) in [6.45, 7) is 0. The predicted octanol–water partition coefficient (Wildman–Crippen LogP) is 1.91. The van der Waals surface area contributed by atoms with Crippen LogP contribution in [0.5, 0.6) is 0 Å². The minimum Gasteiger partial charge on any atom is -0.254 e. The molecule has 1 heterocycles. The number of fused-ring (bicyclic) bond motifs is 1. The van der Waals surface area contributed by atoms with Crippen LogP contribution >= 0.6 is 15.9 Å². The van der Waals surface area contributed by atoms with Gasteiger partial charge in [0, 0.05) is 16.1 Å². The Kier molecular flexibility index (Phi) is 2.96. The number of para-hydroxylation sites is 1. The number of benzene rings is 1. The number of hydrogen-bond donors (Lipinski definition) is 1. The van der Waals surface area contributed by atoms with Gasteiger partial charge in [-0.2, -0.15) is 0 Å². The lowest BCUT2D eigenvalue weighted by Crippen LogP contribution is -2.18. The van der Waals surface area contributed by atoms with E-state index in [0.29, 0.717) is 0 Å². The maximum atomic E-state index is 11.6. The van der Waals surface area contributed by atoms with E-state index < -0.39 is 10.0 Å². The Morgan fingerprint density at radius 2 is 2.12 bits per heavy atom. The van der Waals surface area contributed by atoms with Crippen LogP contribution in [-0.4, -0.2) is 20.4 Å². The van der Waals surface area contributed by atoms with E-state index in [1.807, 2.05) is 18.2 Å². The molecular formula is C10H9BrN2O2S. The molecule has 1 N–H and O–H groups in total. The second-order valence-corrected chi connectivity index (χ2v) is 5.93. The quantitative estimate of drug-likeness (QED) is 0.921. The van der Waals surface area contributed by atoms with Crippen molar-refractivity contribution >= 4 is 36.9 Å². The van der Waals surface area contributed by atoms with E-state index in [9.17, 15) is 8.42 Å². The lowest BCUT2D eigenvalue weighted by molar-refractivity contribution is 0.588. The summed E-state index contributed by atoms with van der Waals surface area (Å²) < 4.78 is 26.2. The smallest absolute Gasteiger partial charge is 0.241 e. The number of aromatic nitrogens is 1. The van der Waals surface area contributed by atoms with Crippen molar-refractivity contribution in [3.05, 3.63) is 34.9 Å². The van der Waals surface area contributed by atoms with Crippen LogP contribution in [0.4, 0.5) is 0 Å². The van der Waals surface area contributed by atoms with Gasteiger partial charge in [-0.15, -0.1) is 0 Å². The van der Waals surface area contributed by atoms with Gasteiger partial charge >= 0.3 is 0 Å². The first-order valence-electron chi connectivity index (χ1n) is 4.52. The highest BCUT2D eigenvalue weighted by Gasteiger charge is 2.12. The van der Waals surface area contributed by atoms with Crippen molar-refractivity contribution in [2.45, 2.75) is 4.90 Å². The highest BCUT2D eigenvalue weighted by atomic mass is 79.9. The van der Waals surface area contributed by atoms with Gasteiger partial charge in [0.15, 0.2) is 0 Å². The van der Waals surface area contributed by atoms with Crippen LogP contribution in [0.2, 0.25) is 0 Å². The molecule has 0 atom stereocenters. The molecule has 0 amide bonds. The molecular weight excluding hydrogens is 292 g/mol. The Bertz CT molecular complexity index is 640. The van der Waals surface area contributed by atoms with Crippen molar-refractivity contribution in [1.82, 2.24) is 9.71 Å². The van der Waals surface area contributed by atoms with E-state index in [0.717, 1.165) is 15.4 Å². The fraction of sp³-hybridized carbons (Fsp3) is 0.100. The van der Waals surface area contributed by atoms with Crippen molar-refractivity contribution in [2.24, 2.45) is 0 Å². The molecule has 0 unspecified atom stereocenters. The van der Waals surface area contributed by atoms with E-state index >= 15 is 0 Å². The van der Waals surface area contributed by atoms with Crippen molar-refractivity contribution < 1.29 is 8.42 Å². The molecule has 4 nitrogen and oxygen atoms in total. The minimum absolute atomic E-state index is 0.167. The summed E-state index contributed by atoms with van der Waals surface area (Å²) in [5.41, 5.74) is 0.748. The van der Waals surface area contributed by atoms with Gasteiger partial charge in [0.2, 0.25) is 10.0 Å². The molecule has 16 heavy (non-hydrogen) atoms. The van der Waals surface area contributed by atoms with Crippen LogP contribution in [0, 0.1) is 0 Å². The number of sulfonamides is 1. The topological polar surface area (TPSA) is 59.1 Å². The van der Waals surface area contributed by atoms with Crippen molar-refractivity contribution in [2.75, 3.05) is 7.05 Å². The molecule has 84 valence electrons. The monoisotopic (exact) mass is 300 g/mol. The van der Waals surface area contributed by atoms with Gasteiger partial charge in [-0.25, -0.2) is 13.1 Å². The maximum Gasteiger partial charge on any atom is 0.241 e. The van der Waals surface area contributed by atoms with Gasteiger partial charge in [0.05, 0.1) is 5.52 Å². The third-order valence-electron chi connectivity index (χ3n) is 2.22. The van der Waals surface area contributed by atoms with Gasteiger partial charge in [-0.1, -0.05) is 12.1 Å². The second-order valence-electron chi connectivity index (χ2n) is 3.19. The fourth-order valence-corrected chi connectivity index (χ4v) is 2.56. The first-order valence-corrected chi connectivity index (χ1v) is 6.80. The highest BCUT2D eigenvalue weighted by molar-refractivity contribution is 9.10. The molecule has 1 aromatic heterocycles. The normalized spacial score (nSPS) is 11.9. The minimum atomic E-state index is -3.43. The predicted molar refractivity (Wildman–Crippen MR) is 65.7 cm³/mol. The molecule has 0 aliphatic rings.